The predicted octanol–water partition coefficient (Wildman–Crippen LogP) is 4.09. The summed E-state index contributed by atoms with van der Waals surface area (Å²) in [6.07, 6.45) is 6.44. The summed E-state index contributed by atoms with van der Waals surface area (Å²) in [6, 6.07) is 8.69. The van der Waals surface area contributed by atoms with Gasteiger partial charge in [0.25, 0.3) is 0 Å². The van der Waals surface area contributed by atoms with Crippen molar-refractivity contribution in [3.05, 3.63) is 53.8 Å². The van der Waals surface area contributed by atoms with E-state index in [1.54, 1.807) is 0 Å². The lowest BCUT2D eigenvalue weighted by molar-refractivity contribution is 0.870. The Labute approximate surface area is 98.1 Å². The third kappa shape index (κ3) is 1.67. The van der Waals surface area contributed by atoms with Gasteiger partial charge >= 0.3 is 0 Å². The van der Waals surface area contributed by atoms with Crippen LogP contribution in [-0.2, 0) is 0 Å². The fourth-order valence-electron chi connectivity index (χ4n) is 2.41. The molecule has 0 unspecified atom stereocenters. The number of para-hydroxylation sites is 1. The van der Waals surface area contributed by atoms with Crippen LogP contribution in [0.3, 0.4) is 0 Å². The van der Waals surface area contributed by atoms with Crippen molar-refractivity contribution < 1.29 is 0 Å². The largest absolute Gasteiger partial charge is 0.345 e. The van der Waals surface area contributed by atoms with Crippen molar-refractivity contribution in [2.75, 3.05) is 11.4 Å². The number of benzene rings is 1. The number of nitrogens with zero attached hydrogens (tertiary/aromatic N) is 1. The Kier molecular flexibility index (Phi) is 3.14. The minimum atomic E-state index is 0.507. The van der Waals surface area contributed by atoms with E-state index in [4.69, 9.17) is 0 Å². The molecule has 1 nitrogen and oxygen atoms in total. The molecule has 1 heteroatoms. The van der Waals surface area contributed by atoms with Crippen molar-refractivity contribution in [2.45, 2.75) is 26.7 Å². The zero-order valence-electron chi connectivity index (χ0n) is 10.3. The first-order valence-corrected chi connectivity index (χ1v) is 5.99. The van der Waals surface area contributed by atoms with Crippen LogP contribution in [0.1, 0.15) is 32.3 Å². The summed E-state index contributed by atoms with van der Waals surface area (Å²) in [5, 5.41) is 0. The highest BCUT2D eigenvalue weighted by molar-refractivity contribution is 5.67. The van der Waals surface area contributed by atoms with Crippen molar-refractivity contribution in [3.63, 3.8) is 0 Å². The van der Waals surface area contributed by atoms with Crippen molar-refractivity contribution in [3.8, 4) is 0 Å². The SMILES string of the molecule is C/C=C\C=C1/[C@@H](C)c2ccccc2N1CC. The minimum Gasteiger partial charge on any atom is -0.345 e. The first-order valence-electron chi connectivity index (χ1n) is 5.99. The second-order valence-electron chi connectivity index (χ2n) is 4.14. The van der Waals surface area contributed by atoms with E-state index >= 15 is 0 Å². The van der Waals surface area contributed by atoms with Crippen LogP contribution in [0.4, 0.5) is 5.69 Å². The van der Waals surface area contributed by atoms with E-state index in [0.717, 1.165) is 6.54 Å². The van der Waals surface area contributed by atoms with E-state index < -0.39 is 0 Å². The highest BCUT2D eigenvalue weighted by Crippen LogP contribution is 2.42. The van der Waals surface area contributed by atoms with E-state index in [1.165, 1.54) is 16.9 Å². The quantitative estimate of drug-likeness (QED) is 0.715. The fraction of sp³-hybridized carbons (Fsp3) is 0.333. The molecule has 0 amide bonds. The van der Waals surface area contributed by atoms with Gasteiger partial charge in [0.05, 0.1) is 0 Å². The lowest BCUT2D eigenvalue weighted by Gasteiger charge is -2.20. The Morgan fingerprint density at radius 1 is 1.31 bits per heavy atom. The molecule has 84 valence electrons. The molecule has 0 aromatic heterocycles. The van der Waals surface area contributed by atoms with E-state index in [9.17, 15) is 0 Å². The molecule has 1 aliphatic rings. The zero-order valence-corrected chi connectivity index (χ0v) is 10.3. The van der Waals surface area contributed by atoms with Gasteiger partial charge in [0, 0.05) is 23.8 Å². The third-order valence-electron chi connectivity index (χ3n) is 3.23. The number of fused-ring (bicyclic) bond motifs is 1. The Hall–Kier alpha value is -1.50. The average molecular weight is 213 g/mol. The maximum atomic E-state index is 2.40. The highest BCUT2D eigenvalue weighted by Gasteiger charge is 2.28. The summed E-state index contributed by atoms with van der Waals surface area (Å²) in [5.74, 6) is 0.507. The summed E-state index contributed by atoms with van der Waals surface area (Å²) in [5.41, 5.74) is 4.22. The lowest BCUT2D eigenvalue weighted by Crippen LogP contribution is -2.18. The van der Waals surface area contributed by atoms with Crippen LogP contribution in [0, 0.1) is 0 Å². The molecule has 0 radical (unpaired) electrons. The van der Waals surface area contributed by atoms with Crippen LogP contribution in [-0.4, -0.2) is 6.54 Å². The fourth-order valence-corrected chi connectivity index (χ4v) is 2.41. The first kappa shape index (κ1) is 11.0. The van der Waals surface area contributed by atoms with Gasteiger partial charge in [-0.25, -0.2) is 0 Å². The van der Waals surface area contributed by atoms with Gasteiger partial charge in [-0.2, -0.15) is 0 Å². The van der Waals surface area contributed by atoms with Gasteiger partial charge in [-0.05, 0) is 31.6 Å². The van der Waals surface area contributed by atoms with E-state index in [-0.39, 0.29) is 0 Å². The number of likely N-dealkylation sites (N-methyl/N-ethyl adjacent to an activating group) is 1. The van der Waals surface area contributed by atoms with Crippen LogP contribution < -0.4 is 4.90 Å². The van der Waals surface area contributed by atoms with E-state index in [0.29, 0.717) is 5.92 Å². The van der Waals surface area contributed by atoms with E-state index in [1.807, 2.05) is 0 Å². The second-order valence-corrected chi connectivity index (χ2v) is 4.14. The second kappa shape index (κ2) is 4.56. The zero-order chi connectivity index (χ0) is 11.5. The van der Waals surface area contributed by atoms with Crippen molar-refractivity contribution >= 4 is 5.69 Å². The van der Waals surface area contributed by atoms with Crippen molar-refractivity contribution in [1.29, 1.82) is 0 Å². The maximum absolute atomic E-state index is 2.40. The Morgan fingerprint density at radius 2 is 2.06 bits per heavy atom. The van der Waals surface area contributed by atoms with Crippen LogP contribution in [0.15, 0.2) is 48.2 Å². The molecular weight excluding hydrogens is 194 g/mol. The first-order chi connectivity index (χ1) is 7.79. The van der Waals surface area contributed by atoms with Crippen molar-refractivity contribution in [2.24, 2.45) is 0 Å². The number of allylic oxidation sites excluding steroid dienone is 4. The number of rotatable bonds is 2. The number of anilines is 1. The molecule has 0 spiro atoms. The van der Waals surface area contributed by atoms with Crippen molar-refractivity contribution in [1.82, 2.24) is 0 Å². The number of hydrogen-bond acceptors (Lipinski definition) is 1. The summed E-state index contributed by atoms with van der Waals surface area (Å²) in [7, 11) is 0. The topological polar surface area (TPSA) is 3.24 Å². The molecule has 1 atom stereocenters. The summed E-state index contributed by atoms with van der Waals surface area (Å²) in [4.78, 5) is 2.40. The predicted molar refractivity (Wildman–Crippen MR) is 70.8 cm³/mol. The maximum Gasteiger partial charge on any atom is 0.0447 e. The van der Waals surface area contributed by atoms with Gasteiger partial charge in [-0.15, -0.1) is 0 Å². The van der Waals surface area contributed by atoms with Crippen LogP contribution in [0.5, 0.6) is 0 Å². The van der Waals surface area contributed by atoms with Gasteiger partial charge in [-0.1, -0.05) is 37.3 Å². The highest BCUT2D eigenvalue weighted by atomic mass is 15.2. The molecule has 0 aliphatic carbocycles. The smallest absolute Gasteiger partial charge is 0.0447 e. The van der Waals surface area contributed by atoms with Gasteiger partial charge < -0.3 is 4.90 Å². The lowest BCUT2D eigenvalue weighted by atomic mass is 10.0. The number of hydrogen-bond donors (Lipinski definition) is 0. The standard InChI is InChI=1S/C15H19N/c1-4-6-10-14-12(3)13-9-7-8-11-15(13)16(14)5-2/h4,6-12H,5H2,1-3H3/b6-4-,14-10+/t12-/m0/s1. The van der Waals surface area contributed by atoms with Gasteiger partial charge in [0.1, 0.15) is 0 Å². The minimum absolute atomic E-state index is 0.507. The summed E-state index contributed by atoms with van der Waals surface area (Å²) in [6.45, 7) is 7.58. The molecular formula is C15H19N. The Morgan fingerprint density at radius 3 is 2.75 bits per heavy atom. The van der Waals surface area contributed by atoms with E-state index in [2.05, 4.69) is 68.2 Å². The van der Waals surface area contributed by atoms with Crippen LogP contribution in [0.2, 0.25) is 0 Å². The molecule has 1 aromatic carbocycles. The Bertz CT molecular complexity index is 429. The normalized spacial score (nSPS) is 22.1. The molecule has 0 saturated heterocycles. The monoisotopic (exact) mass is 213 g/mol. The molecule has 1 aromatic rings. The molecule has 16 heavy (non-hydrogen) atoms. The van der Waals surface area contributed by atoms with Gasteiger partial charge in [0.2, 0.25) is 0 Å². The van der Waals surface area contributed by atoms with Crippen LogP contribution >= 0.6 is 0 Å². The third-order valence-corrected chi connectivity index (χ3v) is 3.23. The molecule has 1 heterocycles. The van der Waals surface area contributed by atoms with Crippen LogP contribution in [0.25, 0.3) is 0 Å². The molecule has 2 rings (SSSR count). The van der Waals surface area contributed by atoms with Gasteiger partial charge in [0.15, 0.2) is 0 Å². The Balaban J connectivity index is 2.47. The molecule has 1 aliphatic heterocycles. The summed E-state index contributed by atoms with van der Waals surface area (Å²) < 4.78 is 0. The average Bonchev–Trinajstić information content (AvgIpc) is 2.60. The summed E-state index contributed by atoms with van der Waals surface area (Å²) >= 11 is 0. The molecule has 0 N–H and O–H groups in total. The van der Waals surface area contributed by atoms with Gasteiger partial charge in [-0.3, -0.25) is 0 Å². The molecule has 0 fully saturated rings. The molecule has 0 bridgehead atoms. The molecule has 0 saturated carbocycles.